The third-order valence-electron chi connectivity index (χ3n) is 8.03. The molecule has 2 fully saturated rings. The minimum absolute atomic E-state index is 0.0732. The van der Waals surface area contributed by atoms with Crippen molar-refractivity contribution < 1.29 is 17.5 Å². The van der Waals surface area contributed by atoms with Crippen LogP contribution >= 0.6 is 0 Å². The number of aryl methyl sites for hydroxylation is 1. The number of ether oxygens (including phenoxy) is 1. The Bertz CT molecular complexity index is 1700. The molecule has 0 radical (unpaired) electrons. The molecule has 11 heteroatoms. The molecule has 41 heavy (non-hydrogen) atoms. The fraction of sp³-hybridized carbons (Fsp3) is 0.367. The van der Waals surface area contributed by atoms with Gasteiger partial charge in [-0.2, -0.15) is 0 Å². The van der Waals surface area contributed by atoms with E-state index in [2.05, 4.69) is 30.3 Å². The summed E-state index contributed by atoms with van der Waals surface area (Å²) in [5.41, 5.74) is 2.54. The number of aromatic nitrogens is 3. The van der Waals surface area contributed by atoms with Crippen LogP contribution in [-0.2, 0) is 10.0 Å². The summed E-state index contributed by atoms with van der Waals surface area (Å²) in [6.07, 6.45) is 6.55. The van der Waals surface area contributed by atoms with Gasteiger partial charge in [-0.05, 0) is 50.5 Å². The van der Waals surface area contributed by atoms with Crippen molar-refractivity contribution in [3.63, 3.8) is 0 Å². The summed E-state index contributed by atoms with van der Waals surface area (Å²) in [5, 5.41) is 7.88. The van der Waals surface area contributed by atoms with Gasteiger partial charge < -0.3 is 15.4 Å². The number of halogens is 1. The Kier molecular flexibility index (Phi) is 7.25. The van der Waals surface area contributed by atoms with Gasteiger partial charge in [0, 0.05) is 60.5 Å². The van der Waals surface area contributed by atoms with Gasteiger partial charge in [0.1, 0.15) is 23.4 Å². The molecule has 2 atom stereocenters. The van der Waals surface area contributed by atoms with Gasteiger partial charge in [0.25, 0.3) is 0 Å². The normalized spacial score (nSPS) is 20.3. The van der Waals surface area contributed by atoms with Gasteiger partial charge in [0.2, 0.25) is 15.9 Å². The molecule has 0 spiro atoms. The first-order valence-corrected chi connectivity index (χ1v) is 15.3. The average molecular weight is 577 g/mol. The predicted octanol–water partition coefficient (Wildman–Crippen LogP) is 5.59. The van der Waals surface area contributed by atoms with Gasteiger partial charge in [-0.15, -0.1) is 0 Å². The maximum Gasteiger partial charge on any atom is 0.246 e. The molecule has 4 aromatic rings. The van der Waals surface area contributed by atoms with Gasteiger partial charge in [-0.3, -0.25) is 4.72 Å². The summed E-state index contributed by atoms with van der Waals surface area (Å²) in [7, 11) is -3.57. The van der Waals surface area contributed by atoms with E-state index in [9.17, 15) is 12.8 Å². The highest BCUT2D eigenvalue weighted by molar-refractivity contribution is 7.94. The number of benzene rings is 2. The van der Waals surface area contributed by atoms with Crippen LogP contribution in [0.1, 0.15) is 38.2 Å². The Balaban J connectivity index is 1.32. The number of fused-ring (bicyclic) bond motifs is 1. The van der Waals surface area contributed by atoms with Crippen molar-refractivity contribution in [3.05, 3.63) is 66.6 Å². The molecule has 0 amide bonds. The van der Waals surface area contributed by atoms with Crippen molar-refractivity contribution in [3.8, 4) is 22.9 Å². The second kappa shape index (κ2) is 10.9. The molecule has 214 valence electrons. The van der Waals surface area contributed by atoms with Gasteiger partial charge >= 0.3 is 0 Å². The summed E-state index contributed by atoms with van der Waals surface area (Å²) in [5.74, 6) is 1.48. The van der Waals surface area contributed by atoms with Crippen LogP contribution in [0.5, 0.6) is 11.6 Å². The number of piperidine rings is 1. The Morgan fingerprint density at radius 1 is 1.02 bits per heavy atom. The monoisotopic (exact) mass is 576 g/mol. The zero-order valence-corrected chi connectivity index (χ0v) is 23.8. The first-order chi connectivity index (χ1) is 19.7. The molecule has 6 rings (SSSR count). The van der Waals surface area contributed by atoms with E-state index < -0.39 is 20.9 Å². The predicted molar refractivity (Wildman–Crippen MR) is 159 cm³/mol. The molecule has 3 N–H and O–H groups in total. The number of rotatable bonds is 8. The van der Waals surface area contributed by atoms with Crippen LogP contribution in [0.25, 0.3) is 22.0 Å². The van der Waals surface area contributed by atoms with Crippen LogP contribution in [-0.4, -0.2) is 53.4 Å². The highest BCUT2D eigenvalue weighted by atomic mass is 32.2. The van der Waals surface area contributed by atoms with Gasteiger partial charge in [-0.25, -0.2) is 27.8 Å². The maximum atomic E-state index is 13.9. The van der Waals surface area contributed by atoms with Gasteiger partial charge in [-0.1, -0.05) is 30.7 Å². The van der Waals surface area contributed by atoms with Crippen LogP contribution in [0.4, 0.5) is 15.9 Å². The van der Waals surface area contributed by atoms with Crippen LogP contribution in [0.3, 0.4) is 0 Å². The van der Waals surface area contributed by atoms with Crippen molar-refractivity contribution >= 4 is 32.3 Å². The minimum Gasteiger partial charge on any atom is -0.436 e. The second-order valence-electron chi connectivity index (χ2n) is 11.1. The lowest BCUT2D eigenvalue weighted by Crippen LogP contribution is -2.45. The third-order valence-corrected chi connectivity index (χ3v) is 10.2. The molecule has 1 aliphatic heterocycles. The molecule has 2 aliphatic rings. The third kappa shape index (κ3) is 5.43. The van der Waals surface area contributed by atoms with E-state index in [0.717, 1.165) is 28.3 Å². The number of nitrogens with zero attached hydrogens (tertiary/aromatic N) is 3. The Hall–Kier alpha value is -3.83. The van der Waals surface area contributed by atoms with Crippen molar-refractivity contribution in [2.24, 2.45) is 0 Å². The molecule has 0 unspecified atom stereocenters. The molecular weight excluding hydrogens is 543 g/mol. The van der Waals surface area contributed by atoms with E-state index in [1.54, 1.807) is 31.6 Å². The average Bonchev–Trinajstić information content (AvgIpc) is 2.94. The van der Waals surface area contributed by atoms with E-state index >= 15 is 0 Å². The number of hydrogen-bond acceptors (Lipinski definition) is 8. The van der Waals surface area contributed by atoms with E-state index in [4.69, 9.17) is 4.74 Å². The number of nitrogens with one attached hydrogen (secondary N) is 3. The molecule has 9 nitrogen and oxygen atoms in total. The summed E-state index contributed by atoms with van der Waals surface area (Å²) < 4.78 is 48.8. The first kappa shape index (κ1) is 27.3. The number of pyridine rings is 1. The second-order valence-corrected chi connectivity index (χ2v) is 13.3. The van der Waals surface area contributed by atoms with Crippen LogP contribution in [0, 0.1) is 6.92 Å². The fourth-order valence-corrected chi connectivity index (χ4v) is 7.01. The summed E-state index contributed by atoms with van der Waals surface area (Å²) in [6, 6.07) is 12.9. The quantitative estimate of drug-likeness (QED) is 0.249. The van der Waals surface area contributed by atoms with Crippen molar-refractivity contribution in [1.82, 2.24) is 20.3 Å². The lowest BCUT2D eigenvalue weighted by atomic mass is 9.86. The van der Waals surface area contributed by atoms with E-state index in [1.165, 1.54) is 0 Å². The van der Waals surface area contributed by atoms with Crippen LogP contribution < -0.4 is 20.1 Å². The molecule has 2 aromatic carbocycles. The standard InChI is InChI=1S/C30H33FN6O3S/c1-19-14-25(37-41(38,39)30(2)9-5-10-30)23-6-3-4-7-24(23)28(19)40-29-27(34-12-13-35-29)20-8-11-33-26(15-20)36-22-16-21(31)17-32-18-22/h3-4,6-8,11-15,21-22,32,37H,5,9-10,16-18H2,1-2H3,(H,33,36)/t21-,22-/m0/s1. The highest BCUT2D eigenvalue weighted by Crippen LogP contribution is 2.43. The van der Waals surface area contributed by atoms with E-state index in [1.807, 2.05) is 43.3 Å². The number of hydrogen-bond donors (Lipinski definition) is 3. The van der Waals surface area contributed by atoms with Crippen molar-refractivity contribution in [2.45, 2.75) is 56.5 Å². The maximum absolute atomic E-state index is 13.9. The Morgan fingerprint density at radius 3 is 2.56 bits per heavy atom. The van der Waals surface area contributed by atoms with E-state index in [-0.39, 0.29) is 6.04 Å². The lowest BCUT2D eigenvalue weighted by Gasteiger charge is -2.37. The van der Waals surface area contributed by atoms with Crippen LogP contribution in [0.2, 0.25) is 0 Å². The summed E-state index contributed by atoms with van der Waals surface area (Å²) >= 11 is 0. The SMILES string of the molecule is Cc1cc(NS(=O)(=O)C2(C)CCC2)c2ccccc2c1Oc1nccnc1-c1ccnc(N[C@@H]2CNC[C@@H](F)C2)c1. The Labute approximate surface area is 239 Å². The molecule has 1 saturated carbocycles. The number of alkyl halides is 1. The lowest BCUT2D eigenvalue weighted by molar-refractivity contribution is 0.255. The molecule has 2 aromatic heterocycles. The van der Waals surface area contributed by atoms with Gasteiger partial charge in [0.15, 0.2) is 0 Å². The topological polar surface area (TPSA) is 118 Å². The first-order valence-electron chi connectivity index (χ1n) is 13.8. The number of sulfonamides is 1. The zero-order chi connectivity index (χ0) is 28.6. The van der Waals surface area contributed by atoms with Crippen molar-refractivity contribution in [2.75, 3.05) is 23.1 Å². The summed E-state index contributed by atoms with van der Waals surface area (Å²) in [4.78, 5) is 13.5. The smallest absolute Gasteiger partial charge is 0.246 e. The number of anilines is 2. The molecule has 1 aliphatic carbocycles. The van der Waals surface area contributed by atoms with E-state index in [0.29, 0.717) is 61.2 Å². The largest absolute Gasteiger partial charge is 0.436 e. The minimum atomic E-state index is -3.57. The molecular formula is C30H33FN6O3S. The summed E-state index contributed by atoms with van der Waals surface area (Å²) in [6.45, 7) is 4.70. The Morgan fingerprint density at radius 2 is 1.80 bits per heavy atom. The zero-order valence-electron chi connectivity index (χ0n) is 23.0. The molecule has 3 heterocycles. The molecule has 0 bridgehead atoms. The van der Waals surface area contributed by atoms with Crippen LogP contribution in [0.15, 0.2) is 61.1 Å². The highest BCUT2D eigenvalue weighted by Gasteiger charge is 2.44. The molecule has 1 saturated heterocycles. The van der Waals surface area contributed by atoms with Gasteiger partial charge in [0.05, 0.1) is 10.4 Å². The fourth-order valence-electron chi connectivity index (χ4n) is 5.48. The van der Waals surface area contributed by atoms with Crippen molar-refractivity contribution in [1.29, 1.82) is 0 Å².